The lowest BCUT2D eigenvalue weighted by atomic mass is 10.1. The first kappa shape index (κ1) is 24.5. The minimum absolute atomic E-state index is 0.00568. The van der Waals surface area contributed by atoms with E-state index in [1.807, 2.05) is 26.8 Å². The van der Waals surface area contributed by atoms with Gasteiger partial charge in [-0.2, -0.15) is 8.42 Å². The number of ether oxygens (including phenoxy) is 1. The summed E-state index contributed by atoms with van der Waals surface area (Å²) in [7, 11) is -3.93. The van der Waals surface area contributed by atoms with E-state index in [9.17, 15) is 18.3 Å². The number of sulfonamides is 1. The predicted octanol–water partition coefficient (Wildman–Crippen LogP) is 5.04. The molecule has 0 aliphatic carbocycles. The number of rotatable bonds is 9. The Bertz CT molecular complexity index is 1310. The Labute approximate surface area is 198 Å². The second-order valence-electron chi connectivity index (χ2n) is 7.72. The molecule has 0 spiro atoms. The van der Waals surface area contributed by atoms with Gasteiger partial charge >= 0.3 is 5.97 Å². The van der Waals surface area contributed by atoms with Crippen LogP contribution >= 0.6 is 11.3 Å². The maximum Gasteiger partial charge on any atom is 0.335 e. The second kappa shape index (κ2) is 9.76. The van der Waals surface area contributed by atoms with Crippen LogP contribution in [0.1, 0.15) is 38.3 Å². The average Bonchev–Trinajstić information content (AvgIpc) is 3.20. The Morgan fingerprint density at radius 2 is 1.85 bits per heavy atom. The Morgan fingerprint density at radius 3 is 2.42 bits per heavy atom. The number of anilines is 1. The molecule has 1 heterocycles. The fourth-order valence-electron chi connectivity index (χ4n) is 3.22. The van der Waals surface area contributed by atoms with Gasteiger partial charge in [-0.25, -0.2) is 9.78 Å². The average molecular weight is 487 g/mol. The van der Waals surface area contributed by atoms with Crippen molar-refractivity contribution in [1.29, 1.82) is 0 Å². The zero-order valence-corrected chi connectivity index (χ0v) is 20.6. The van der Waals surface area contributed by atoms with E-state index in [2.05, 4.69) is 11.6 Å². The summed E-state index contributed by atoms with van der Waals surface area (Å²) in [6.07, 6.45) is 1.52. The van der Waals surface area contributed by atoms with E-state index in [4.69, 9.17) is 4.74 Å². The molecule has 0 radical (unpaired) electrons. The number of thiazole rings is 1. The smallest absolute Gasteiger partial charge is 0.335 e. The number of carboxylic acids is 1. The Balaban J connectivity index is 2.02. The van der Waals surface area contributed by atoms with Gasteiger partial charge < -0.3 is 9.84 Å². The van der Waals surface area contributed by atoms with Gasteiger partial charge in [-0.1, -0.05) is 12.1 Å². The molecule has 0 amide bonds. The maximum absolute atomic E-state index is 13.4. The van der Waals surface area contributed by atoms with Gasteiger partial charge in [0.05, 0.1) is 17.8 Å². The molecule has 0 aliphatic heterocycles. The fraction of sp³-hybridized carbons (Fsp3) is 0.250. The normalized spacial score (nSPS) is 11.3. The topological polar surface area (TPSA) is 96.8 Å². The van der Waals surface area contributed by atoms with Crippen LogP contribution in [0, 0.1) is 27.7 Å². The molecule has 1 N–H and O–H groups in total. The molecular weight excluding hydrogens is 460 g/mol. The van der Waals surface area contributed by atoms with E-state index >= 15 is 0 Å². The zero-order chi connectivity index (χ0) is 24.3. The van der Waals surface area contributed by atoms with Gasteiger partial charge in [-0.3, -0.25) is 4.31 Å². The third-order valence-electron chi connectivity index (χ3n) is 5.22. The molecule has 3 rings (SSSR count). The number of carbonyl (C=O) groups is 1. The van der Waals surface area contributed by atoms with Gasteiger partial charge in [0.1, 0.15) is 12.4 Å². The summed E-state index contributed by atoms with van der Waals surface area (Å²) in [5, 5.41) is 10.9. The third kappa shape index (κ3) is 5.26. The van der Waals surface area contributed by atoms with Crippen LogP contribution in [0.15, 0.2) is 52.7 Å². The molecule has 1 aromatic heterocycles. The van der Waals surface area contributed by atoms with Crippen molar-refractivity contribution < 1.29 is 23.1 Å². The van der Waals surface area contributed by atoms with E-state index in [1.54, 1.807) is 30.5 Å². The lowest BCUT2D eigenvalue weighted by molar-refractivity contribution is 0.0696. The van der Waals surface area contributed by atoms with E-state index in [0.717, 1.165) is 33.6 Å². The Hall–Kier alpha value is -3.17. The number of aromatic carboxylic acids is 1. The summed E-state index contributed by atoms with van der Waals surface area (Å²) >= 11 is 1.07. The van der Waals surface area contributed by atoms with Gasteiger partial charge in [0.2, 0.25) is 4.34 Å². The van der Waals surface area contributed by atoms with Crippen molar-refractivity contribution in [3.8, 4) is 5.75 Å². The minimum atomic E-state index is -3.93. The molecular formula is C24H26N2O5S2. The van der Waals surface area contributed by atoms with Crippen LogP contribution in [0.3, 0.4) is 0 Å². The van der Waals surface area contributed by atoms with Crippen molar-refractivity contribution in [3.63, 3.8) is 0 Å². The van der Waals surface area contributed by atoms with Gasteiger partial charge in [0.25, 0.3) is 10.0 Å². The van der Waals surface area contributed by atoms with E-state index in [1.165, 1.54) is 16.4 Å². The number of aromatic nitrogens is 1. The fourth-order valence-corrected chi connectivity index (χ4v) is 5.79. The van der Waals surface area contributed by atoms with Crippen LogP contribution in [-0.4, -0.2) is 31.0 Å². The highest BCUT2D eigenvalue weighted by Gasteiger charge is 2.30. The van der Waals surface area contributed by atoms with Gasteiger partial charge in [0.15, 0.2) is 0 Å². The van der Waals surface area contributed by atoms with Crippen molar-refractivity contribution >= 4 is 33.0 Å². The molecule has 0 unspecified atom stereocenters. The summed E-state index contributed by atoms with van der Waals surface area (Å²) in [4.78, 5) is 15.4. The number of hydrogen-bond donors (Lipinski definition) is 1. The highest BCUT2D eigenvalue weighted by Crippen LogP contribution is 2.36. The molecule has 33 heavy (non-hydrogen) atoms. The largest absolute Gasteiger partial charge is 0.487 e. The van der Waals surface area contributed by atoms with Crippen LogP contribution in [0.4, 0.5) is 5.69 Å². The quantitative estimate of drug-likeness (QED) is 0.426. The second-order valence-corrected chi connectivity index (χ2v) is 10.6. The molecule has 2 aromatic carbocycles. The molecule has 0 fully saturated rings. The van der Waals surface area contributed by atoms with Gasteiger partial charge in [-0.15, -0.1) is 17.9 Å². The summed E-state index contributed by atoms with van der Waals surface area (Å²) < 4.78 is 34.2. The summed E-state index contributed by atoms with van der Waals surface area (Å²) in [6, 6.07) is 8.41. The van der Waals surface area contributed by atoms with E-state index in [0.29, 0.717) is 17.1 Å². The molecule has 0 saturated carbocycles. The first-order valence-electron chi connectivity index (χ1n) is 10.2. The highest BCUT2D eigenvalue weighted by atomic mass is 32.2. The van der Waals surface area contributed by atoms with E-state index in [-0.39, 0.29) is 23.1 Å². The van der Waals surface area contributed by atoms with Crippen LogP contribution in [0.2, 0.25) is 0 Å². The van der Waals surface area contributed by atoms with Crippen LogP contribution < -0.4 is 9.04 Å². The summed E-state index contributed by atoms with van der Waals surface area (Å²) in [6.45, 7) is 11.3. The summed E-state index contributed by atoms with van der Waals surface area (Å²) in [5.41, 5.74) is 4.67. The molecule has 174 valence electrons. The molecule has 0 bridgehead atoms. The number of carboxylic acid groups (broad SMARTS) is 1. The predicted molar refractivity (Wildman–Crippen MR) is 130 cm³/mol. The molecule has 7 nitrogen and oxygen atoms in total. The first-order chi connectivity index (χ1) is 15.5. The Morgan fingerprint density at radius 1 is 1.15 bits per heavy atom. The highest BCUT2D eigenvalue weighted by molar-refractivity contribution is 7.94. The van der Waals surface area contributed by atoms with Crippen molar-refractivity contribution in [2.45, 2.75) is 38.6 Å². The lowest BCUT2D eigenvalue weighted by Crippen LogP contribution is -2.31. The molecule has 0 aliphatic rings. The van der Waals surface area contributed by atoms with Crippen molar-refractivity contribution in [1.82, 2.24) is 4.98 Å². The number of benzene rings is 2. The SMILES string of the molecule is C=CCN(c1cc(C)c(C)cc1OCc1ccc(C(=O)O)cc1C)S(=O)(=O)c1nc(C)cs1. The molecule has 0 saturated heterocycles. The number of aryl methyl sites for hydroxylation is 4. The van der Waals surface area contributed by atoms with Crippen molar-refractivity contribution in [2.24, 2.45) is 0 Å². The minimum Gasteiger partial charge on any atom is -0.487 e. The van der Waals surface area contributed by atoms with Crippen LogP contribution in [0.25, 0.3) is 0 Å². The van der Waals surface area contributed by atoms with Gasteiger partial charge in [-0.05, 0) is 74.2 Å². The van der Waals surface area contributed by atoms with Crippen LogP contribution in [0.5, 0.6) is 5.75 Å². The number of nitrogens with zero attached hydrogens (tertiary/aromatic N) is 2. The van der Waals surface area contributed by atoms with Gasteiger partial charge in [0, 0.05) is 11.1 Å². The standard InChI is InChI=1S/C24H26N2O5S2/c1-6-9-26(33(29,30)24-25-18(5)14-32-24)21-11-15(2)16(3)12-22(21)31-13-20-8-7-19(23(27)28)10-17(20)4/h6-8,10-12,14H,1,9,13H2,2-5H3,(H,27,28). The van der Waals surface area contributed by atoms with E-state index < -0.39 is 16.0 Å². The van der Waals surface area contributed by atoms with Crippen molar-refractivity contribution in [2.75, 3.05) is 10.8 Å². The van der Waals surface area contributed by atoms with Crippen LogP contribution in [-0.2, 0) is 16.6 Å². The lowest BCUT2D eigenvalue weighted by Gasteiger charge is -2.25. The monoisotopic (exact) mass is 486 g/mol. The van der Waals surface area contributed by atoms with Crippen molar-refractivity contribution in [3.05, 3.63) is 81.9 Å². The maximum atomic E-state index is 13.4. The Kier molecular flexibility index (Phi) is 7.24. The molecule has 9 heteroatoms. The first-order valence-corrected chi connectivity index (χ1v) is 12.5. The third-order valence-corrected chi connectivity index (χ3v) is 8.35. The molecule has 0 atom stereocenters. The summed E-state index contributed by atoms with van der Waals surface area (Å²) in [5.74, 6) is -0.594. The molecule has 3 aromatic rings. The zero-order valence-electron chi connectivity index (χ0n) is 19.0. The number of hydrogen-bond acceptors (Lipinski definition) is 6.